The number of aromatic nitrogens is 3. The minimum absolute atomic E-state index is 0.670. The van der Waals surface area contributed by atoms with Crippen LogP contribution in [0.25, 0.3) is 33.9 Å². The predicted octanol–water partition coefficient (Wildman–Crippen LogP) is 4.83. The lowest BCUT2D eigenvalue weighted by atomic mass is 10.0. The van der Waals surface area contributed by atoms with Gasteiger partial charge in [0.2, 0.25) is 0 Å². The molecule has 0 amide bonds. The van der Waals surface area contributed by atoms with Crippen LogP contribution in [0.1, 0.15) is 0 Å². The fourth-order valence-electron chi connectivity index (χ4n) is 3.16. The van der Waals surface area contributed by atoms with Gasteiger partial charge in [-0.1, -0.05) is 42.5 Å². The van der Waals surface area contributed by atoms with Crippen LogP contribution in [0.3, 0.4) is 0 Å². The van der Waals surface area contributed by atoms with Crippen LogP contribution in [-0.4, -0.2) is 29.0 Å². The Morgan fingerprint density at radius 1 is 0.679 bits per heavy atom. The lowest BCUT2D eigenvalue weighted by Crippen LogP contribution is -1.94. The molecule has 0 atom stereocenters. The SMILES string of the molecule is COc1cccc(-c2cccc(-c3nc(-c4cccc(OC)c4)nn3C)c2)c1. The largest absolute Gasteiger partial charge is 0.497 e. The molecule has 28 heavy (non-hydrogen) atoms. The van der Waals surface area contributed by atoms with Gasteiger partial charge in [-0.25, -0.2) is 9.67 Å². The third-order valence-electron chi connectivity index (χ3n) is 4.61. The number of benzene rings is 3. The number of ether oxygens (including phenoxy) is 2. The van der Waals surface area contributed by atoms with Crippen molar-refractivity contribution in [2.24, 2.45) is 7.05 Å². The maximum atomic E-state index is 5.34. The van der Waals surface area contributed by atoms with Crippen LogP contribution in [0.5, 0.6) is 11.5 Å². The molecule has 0 unspecified atom stereocenters. The second kappa shape index (κ2) is 7.56. The highest BCUT2D eigenvalue weighted by Gasteiger charge is 2.13. The van der Waals surface area contributed by atoms with E-state index in [9.17, 15) is 0 Å². The minimum Gasteiger partial charge on any atom is -0.497 e. The van der Waals surface area contributed by atoms with E-state index in [1.165, 1.54) is 0 Å². The fraction of sp³-hybridized carbons (Fsp3) is 0.130. The molecule has 0 radical (unpaired) electrons. The summed E-state index contributed by atoms with van der Waals surface area (Å²) in [6.45, 7) is 0. The molecule has 5 heteroatoms. The van der Waals surface area contributed by atoms with Crippen molar-refractivity contribution in [2.75, 3.05) is 14.2 Å². The smallest absolute Gasteiger partial charge is 0.181 e. The summed E-state index contributed by atoms with van der Waals surface area (Å²) < 4.78 is 12.5. The lowest BCUT2D eigenvalue weighted by molar-refractivity contribution is 0.415. The molecular formula is C23H21N3O2. The van der Waals surface area contributed by atoms with Gasteiger partial charge in [0.05, 0.1) is 14.2 Å². The van der Waals surface area contributed by atoms with E-state index in [4.69, 9.17) is 14.5 Å². The molecule has 0 spiro atoms. The Kier molecular flexibility index (Phi) is 4.81. The molecule has 4 rings (SSSR count). The van der Waals surface area contributed by atoms with Crippen molar-refractivity contribution < 1.29 is 9.47 Å². The molecule has 140 valence electrons. The minimum atomic E-state index is 0.670. The van der Waals surface area contributed by atoms with E-state index in [-0.39, 0.29) is 0 Å². The summed E-state index contributed by atoms with van der Waals surface area (Å²) in [5.74, 6) is 3.10. The Hall–Kier alpha value is -3.60. The number of aryl methyl sites for hydroxylation is 1. The molecule has 4 aromatic rings. The van der Waals surface area contributed by atoms with Crippen LogP contribution in [0.4, 0.5) is 0 Å². The molecule has 0 aliphatic carbocycles. The Labute approximate surface area is 164 Å². The average Bonchev–Trinajstić information content (AvgIpc) is 3.15. The number of nitrogens with zero attached hydrogens (tertiary/aromatic N) is 3. The number of hydrogen-bond acceptors (Lipinski definition) is 4. The van der Waals surface area contributed by atoms with E-state index >= 15 is 0 Å². The lowest BCUT2D eigenvalue weighted by Gasteiger charge is -2.07. The van der Waals surface area contributed by atoms with E-state index in [0.29, 0.717) is 5.82 Å². The highest BCUT2D eigenvalue weighted by molar-refractivity contribution is 5.72. The summed E-state index contributed by atoms with van der Waals surface area (Å²) in [5.41, 5.74) is 4.12. The van der Waals surface area contributed by atoms with Gasteiger partial charge in [0, 0.05) is 18.2 Å². The second-order valence-electron chi connectivity index (χ2n) is 6.43. The first-order valence-electron chi connectivity index (χ1n) is 8.98. The summed E-state index contributed by atoms with van der Waals surface area (Å²) >= 11 is 0. The third kappa shape index (κ3) is 3.47. The van der Waals surface area contributed by atoms with E-state index in [1.807, 2.05) is 61.6 Å². The van der Waals surface area contributed by atoms with Gasteiger partial charge in [0.25, 0.3) is 0 Å². The molecular weight excluding hydrogens is 350 g/mol. The Balaban J connectivity index is 1.73. The van der Waals surface area contributed by atoms with Gasteiger partial charge < -0.3 is 9.47 Å². The molecule has 0 aliphatic rings. The predicted molar refractivity (Wildman–Crippen MR) is 110 cm³/mol. The fourth-order valence-corrected chi connectivity index (χ4v) is 3.16. The molecule has 0 bridgehead atoms. The molecule has 3 aromatic carbocycles. The van der Waals surface area contributed by atoms with Crippen LogP contribution < -0.4 is 9.47 Å². The topological polar surface area (TPSA) is 49.2 Å². The molecule has 1 aromatic heterocycles. The zero-order chi connectivity index (χ0) is 19.5. The first kappa shape index (κ1) is 17.8. The summed E-state index contributed by atoms with van der Waals surface area (Å²) in [5, 5.41) is 4.59. The average molecular weight is 371 g/mol. The van der Waals surface area contributed by atoms with Crippen molar-refractivity contribution >= 4 is 0 Å². The highest BCUT2D eigenvalue weighted by atomic mass is 16.5. The van der Waals surface area contributed by atoms with Gasteiger partial charge in [0.15, 0.2) is 11.6 Å². The van der Waals surface area contributed by atoms with Crippen LogP contribution >= 0.6 is 0 Å². The van der Waals surface area contributed by atoms with Gasteiger partial charge in [-0.3, -0.25) is 0 Å². The van der Waals surface area contributed by atoms with Crippen molar-refractivity contribution in [3.05, 3.63) is 72.8 Å². The van der Waals surface area contributed by atoms with Gasteiger partial charge in [-0.2, -0.15) is 5.10 Å². The van der Waals surface area contributed by atoms with E-state index in [1.54, 1.807) is 18.9 Å². The zero-order valence-electron chi connectivity index (χ0n) is 16.1. The first-order valence-corrected chi connectivity index (χ1v) is 8.98. The summed E-state index contributed by atoms with van der Waals surface area (Å²) in [7, 11) is 5.24. The van der Waals surface area contributed by atoms with Crippen LogP contribution in [0, 0.1) is 0 Å². The molecule has 1 heterocycles. The Morgan fingerprint density at radius 3 is 1.89 bits per heavy atom. The number of methoxy groups -OCH3 is 2. The van der Waals surface area contributed by atoms with E-state index < -0.39 is 0 Å². The number of hydrogen-bond donors (Lipinski definition) is 0. The molecule has 0 N–H and O–H groups in total. The normalized spacial score (nSPS) is 10.7. The van der Waals surface area contributed by atoms with Gasteiger partial charge in [-0.15, -0.1) is 0 Å². The first-order chi connectivity index (χ1) is 13.7. The summed E-state index contributed by atoms with van der Waals surface area (Å²) in [6.07, 6.45) is 0. The monoisotopic (exact) mass is 371 g/mol. The third-order valence-corrected chi connectivity index (χ3v) is 4.61. The van der Waals surface area contributed by atoms with Crippen molar-refractivity contribution in [3.63, 3.8) is 0 Å². The van der Waals surface area contributed by atoms with E-state index in [0.717, 1.165) is 39.6 Å². The van der Waals surface area contributed by atoms with Crippen LogP contribution in [-0.2, 0) is 7.05 Å². The molecule has 0 aliphatic heterocycles. The molecule has 0 saturated carbocycles. The van der Waals surface area contributed by atoms with Crippen molar-refractivity contribution in [3.8, 4) is 45.4 Å². The van der Waals surface area contributed by atoms with Crippen molar-refractivity contribution in [2.45, 2.75) is 0 Å². The van der Waals surface area contributed by atoms with Crippen molar-refractivity contribution in [1.29, 1.82) is 0 Å². The maximum absolute atomic E-state index is 5.34. The Bertz CT molecular complexity index is 1120. The quantitative estimate of drug-likeness (QED) is 0.504. The van der Waals surface area contributed by atoms with Crippen molar-refractivity contribution in [1.82, 2.24) is 14.8 Å². The maximum Gasteiger partial charge on any atom is 0.181 e. The molecule has 0 saturated heterocycles. The van der Waals surface area contributed by atoms with Crippen LogP contribution in [0.2, 0.25) is 0 Å². The molecule has 5 nitrogen and oxygen atoms in total. The summed E-state index contributed by atoms with van der Waals surface area (Å²) in [6, 6.07) is 24.1. The highest BCUT2D eigenvalue weighted by Crippen LogP contribution is 2.29. The zero-order valence-corrected chi connectivity index (χ0v) is 16.1. The number of rotatable bonds is 5. The Morgan fingerprint density at radius 2 is 1.21 bits per heavy atom. The summed E-state index contributed by atoms with van der Waals surface area (Å²) in [4.78, 5) is 4.77. The second-order valence-corrected chi connectivity index (χ2v) is 6.43. The van der Waals surface area contributed by atoms with Crippen LogP contribution in [0.15, 0.2) is 72.8 Å². The van der Waals surface area contributed by atoms with Gasteiger partial charge in [0.1, 0.15) is 11.5 Å². The standard InChI is InChI=1S/C23H21N3O2/c1-26-23(24-22(25-26)18-9-6-12-21(15-18)28-3)19-10-4-7-16(13-19)17-8-5-11-20(14-17)27-2/h4-15H,1-3H3. The van der Waals surface area contributed by atoms with Gasteiger partial charge in [-0.05, 0) is 41.5 Å². The van der Waals surface area contributed by atoms with Gasteiger partial charge >= 0.3 is 0 Å². The van der Waals surface area contributed by atoms with E-state index in [2.05, 4.69) is 23.3 Å². The molecule has 0 fully saturated rings.